The van der Waals surface area contributed by atoms with Gasteiger partial charge in [-0.1, -0.05) is 0 Å². The number of hydrogen-bond acceptors (Lipinski definition) is 6. The number of sulfone groups is 1. The quantitative estimate of drug-likeness (QED) is 0.856. The van der Waals surface area contributed by atoms with Crippen LogP contribution in [-0.4, -0.2) is 23.9 Å². The summed E-state index contributed by atoms with van der Waals surface area (Å²) >= 11 is 0. The van der Waals surface area contributed by atoms with Crippen LogP contribution in [0.4, 0.5) is 0 Å². The summed E-state index contributed by atoms with van der Waals surface area (Å²) < 4.78 is 29.9. The van der Waals surface area contributed by atoms with Crippen molar-refractivity contribution in [2.24, 2.45) is 0 Å². The molecule has 0 radical (unpaired) electrons. The molecule has 0 unspecified atom stereocenters. The zero-order valence-electron chi connectivity index (χ0n) is 12.8. The number of nitriles is 1. The smallest absolute Gasteiger partial charge is 0.257 e. The van der Waals surface area contributed by atoms with Crippen molar-refractivity contribution in [3.05, 3.63) is 41.1 Å². The van der Waals surface area contributed by atoms with Crippen LogP contribution >= 0.6 is 0 Å². The third kappa shape index (κ3) is 2.90. The molecule has 118 valence electrons. The first-order valence-electron chi connectivity index (χ1n) is 7.19. The highest BCUT2D eigenvalue weighted by molar-refractivity contribution is 7.92. The molecule has 0 bridgehead atoms. The van der Waals surface area contributed by atoms with Crippen molar-refractivity contribution in [3.8, 4) is 17.7 Å². The Morgan fingerprint density at radius 3 is 2.39 bits per heavy atom. The Morgan fingerprint density at radius 2 is 1.83 bits per heavy atom. The Labute approximate surface area is 134 Å². The lowest BCUT2D eigenvalue weighted by atomic mass is 10.1. The Hall–Kier alpha value is -2.46. The average Bonchev–Trinajstić information content (AvgIpc) is 3.37. The van der Waals surface area contributed by atoms with E-state index in [0.29, 0.717) is 27.5 Å². The number of aryl methyl sites for hydroxylation is 1. The fraction of sp³-hybridized carbons (Fsp3) is 0.312. The van der Waals surface area contributed by atoms with Gasteiger partial charge in [-0.2, -0.15) is 10.4 Å². The monoisotopic (exact) mass is 329 g/mol. The topological polar surface area (TPSA) is 92.9 Å². The Bertz CT molecular complexity index is 895. The van der Waals surface area contributed by atoms with Crippen molar-refractivity contribution >= 4 is 9.84 Å². The first-order chi connectivity index (χ1) is 10.9. The standard InChI is InChI=1S/C16H15N3O3S/c1-10-11(2)18-19-16(15(10)9-17)22-12-3-5-13(6-4-12)23(20,21)14-7-8-14/h3-6,14H,7-8H2,1-2H3. The molecular weight excluding hydrogens is 314 g/mol. The van der Waals surface area contributed by atoms with Crippen molar-refractivity contribution in [3.63, 3.8) is 0 Å². The number of benzene rings is 1. The van der Waals surface area contributed by atoms with E-state index in [1.807, 2.05) is 0 Å². The highest BCUT2D eigenvalue weighted by Crippen LogP contribution is 2.34. The van der Waals surface area contributed by atoms with Gasteiger partial charge in [0.1, 0.15) is 17.4 Å². The maximum absolute atomic E-state index is 12.1. The van der Waals surface area contributed by atoms with E-state index < -0.39 is 9.84 Å². The van der Waals surface area contributed by atoms with Crippen LogP contribution in [0.5, 0.6) is 11.6 Å². The van der Waals surface area contributed by atoms with Gasteiger partial charge in [-0.25, -0.2) is 8.42 Å². The van der Waals surface area contributed by atoms with E-state index in [0.717, 1.165) is 12.8 Å². The largest absolute Gasteiger partial charge is 0.437 e. The van der Waals surface area contributed by atoms with Crippen molar-refractivity contribution < 1.29 is 13.2 Å². The van der Waals surface area contributed by atoms with Gasteiger partial charge in [0.15, 0.2) is 9.84 Å². The van der Waals surface area contributed by atoms with Crippen LogP contribution in [0.25, 0.3) is 0 Å². The summed E-state index contributed by atoms with van der Waals surface area (Å²) in [7, 11) is -3.22. The molecule has 23 heavy (non-hydrogen) atoms. The predicted octanol–water partition coefficient (Wildman–Crippen LogP) is 2.69. The lowest BCUT2D eigenvalue weighted by Crippen LogP contribution is -2.06. The highest BCUT2D eigenvalue weighted by atomic mass is 32.2. The number of hydrogen-bond donors (Lipinski definition) is 0. The van der Waals surface area contributed by atoms with Gasteiger partial charge in [0.25, 0.3) is 5.88 Å². The second-order valence-corrected chi connectivity index (χ2v) is 7.75. The van der Waals surface area contributed by atoms with Crippen LogP contribution in [0.3, 0.4) is 0 Å². The Morgan fingerprint density at radius 1 is 1.17 bits per heavy atom. The molecule has 1 aliphatic carbocycles. The average molecular weight is 329 g/mol. The molecule has 0 N–H and O–H groups in total. The highest BCUT2D eigenvalue weighted by Gasteiger charge is 2.36. The molecule has 6 nitrogen and oxygen atoms in total. The van der Waals surface area contributed by atoms with Gasteiger partial charge in [-0.05, 0) is 56.5 Å². The second kappa shape index (κ2) is 5.63. The molecule has 1 aromatic carbocycles. The molecular formula is C16H15N3O3S. The molecule has 2 aromatic rings. The van der Waals surface area contributed by atoms with E-state index in [-0.39, 0.29) is 11.1 Å². The van der Waals surface area contributed by atoms with Crippen LogP contribution in [0.1, 0.15) is 29.7 Å². The van der Waals surface area contributed by atoms with Crippen molar-refractivity contribution in [2.75, 3.05) is 0 Å². The molecule has 1 aliphatic rings. The molecule has 1 heterocycles. The third-order valence-corrected chi connectivity index (χ3v) is 6.14. The van der Waals surface area contributed by atoms with Gasteiger partial charge in [-0.15, -0.1) is 5.10 Å². The molecule has 0 amide bonds. The summed E-state index contributed by atoms with van der Waals surface area (Å²) in [6, 6.07) is 8.22. The molecule has 1 aromatic heterocycles. The molecule has 0 aliphatic heterocycles. The molecule has 0 atom stereocenters. The minimum absolute atomic E-state index is 0.119. The van der Waals surface area contributed by atoms with Gasteiger partial charge in [-0.3, -0.25) is 0 Å². The fourth-order valence-corrected chi connectivity index (χ4v) is 3.83. The van der Waals surface area contributed by atoms with E-state index in [2.05, 4.69) is 16.3 Å². The zero-order chi connectivity index (χ0) is 16.6. The van der Waals surface area contributed by atoms with E-state index >= 15 is 0 Å². The summed E-state index contributed by atoms with van der Waals surface area (Å²) in [4.78, 5) is 0.291. The number of aromatic nitrogens is 2. The molecule has 3 rings (SSSR count). The maximum Gasteiger partial charge on any atom is 0.257 e. The lowest BCUT2D eigenvalue weighted by Gasteiger charge is -2.09. The second-order valence-electron chi connectivity index (χ2n) is 5.52. The van der Waals surface area contributed by atoms with E-state index in [1.54, 1.807) is 26.0 Å². The number of rotatable bonds is 4. The van der Waals surface area contributed by atoms with Gasteiger partial charge >= 0.3 is 0 Å². The van der Waals surface area contributed by atoms with E-state index in [9.17, 15) is 13.7 Å². The minimum Gasteiger partial charge on any atom is -0.437 e. The van der Waals surface area contributed by atoms with Gasteiger partial charge in [0, 0.05) is 0 Å². The summed E-state index contributed by atoms with van der Waals surface area (Å²) in [5, 5.41) is 16.8. The summed E-state index contributed by atoms with van der Waals surface area (Å²) in [5.41, 5.74) is 1.71. The molecule has 0 saturated heterocycles. The summed E-state index contributed by atoms with van der Waals surface area (Å²) in [6.07, 6.45) is 1.45. The number of nitrogens with zero attached hydrogens (tertiary/aromatic N) is 3. The number of ether oxygens (including phenoxy) is 1. The molecule has 1 fully saturated rings. The van der Waals surface area contributed by atoms with Gasteiger partial charge < -0.3 is 4.74 Å². The lowest BCUT2D eigenvalue weighted by molar-refractivity contribution is 0.451. The third-order valence-electron chi connectivity index (χ3n) is 3.86. The van der Waals surface area contributed by atoms with E-state index in [1.165, 1.54) is 12.1 Å². The van der Waals surface area contributed by atoms with Crippen molar-refractivity contribution in [2.45, 2.75) is 36.8 Å². The van der Waals surface area contributed by atoms with Crippen LogP contribution in [-0.2, 0) is 9.84 Å². The zero-order valence-corrected chi connectivity index (χ0v) is 13.6. The van der Waals surface area contributed by atoms with Gasteiger partial charge in [0.2, 0.25) is 0 Å². The summed E-state index contributed by atoms with van der Waals surface area (Å²) in [5.74, 6) is 0.530. The molecule has 7 heteroatoms. The van der Waals surface area contributed by atoms with Gasteiger partial charge in [0.05, 0.1) is 15.8 Å². The van der Waals surface area contributed by atoms with Crippen molar-refractivity contribution in [1.82, 2.24) is 10.2 Å². The molecule has 0 spiro atoms. The van der Waals surface area contributed by atoms with Crippen molar-refractivity contribution in [1.29, 1.82) is 5.26 Å². The minimum atomic E-state index is -3.22. The molecule has 1 saturated carbocycles. The summed E-state index contributed by atoms with van der Waals surface area (Å²) in [6.45, 7) is 3.55. The predicted molar refractivity (Wildman–Crippen MR) is 82.9 cm³/mol. The fourth-order valence-electron chi connectivity index (χ4n) is 2.17. The van der Waals surface area contributed by atoms with Crippen LogP contribution < -0.4 is 4.74 Å². The van der Waals surface area contributed by atoms with Crippen LogP contribution in [0.15, 0.2) is 29.2 Å². The Kier molecular flexibility index (Phi) is 3.78. The first-order valence-corrected chi connectivity index (χ1v) is 8.74. The first kappa shape index (κ1) is 15.4. The Balaban J connectivity index is 1.88. The van der Waals surface area contributed by atoms with E-state index in [4.69, 9.17) is 4.74 Å². The maximum atomic E-state index is 12.1. The normalized spacial score (nSPS) is 14.3. The van der Waals surface area contributed by atoms with Crippen LogP contribution in [0, 0.1) is 25.2 Å². The van der Waals surface area contributed by atoms with Crippen LogP contribution in [0.2, 0.25) is 0 Å². The SMILES string of the molecule is Cc1nnc(Oc2ccc(S(=O)(=O)C3CC3)cc2)c(C#N)c1C.